The Hall–Kier alpha value is -0.340. The number of hydrogen-bond donors (Lipinski definition) is 1. The van der Waals surface area contributed by atoms with Gasteiger partial charge in [0.15, 0.2) is 0 Å². The summed E-state index contributed by atoms with van der Waals surface area (Å²) in [4.78, 5) is 2.48. The molecule has 0 aliphatic heterocycles. The third-order valence-corrected chi connectivity index (χ3v) is 2.48. The Labute approximate surface area is 102 Å². The van der Waals surface area contributed by atoms with Crippen LogP contribution in [0.2, 0.25) is 0 Å². The molecule has 0 amide bonds. The number of nitrogens with one attached hydrogen (secondary N) is 1. The highest BCUT2D eigenvalue weighted by molar-refractivity contribution is 4.74. The van der Waals surface area contributed by atoms with Crippen molar-refractivity contribution in [2.24, 2.45) is 0 Å². The lowest BCUT2D eigenvalue weighted by molar-refractivity contribution is 0.293. The molecule has 0 radical (unpaired) electrons. The van der Waals surface area contributed by atoms with Gasteiger partial charge in [-0.1, -0.05) is 13.0 Å². The monoisotopic (exact) mass is 226 g/mol. The van der Waals surface area contributed by atoms with Crippen molar-refractivity contribution in [3.63, 3.8) is 0 Å². The van der Waals surface area contributed by atoms with Crippen LogP contribution < -0.4 is 5.32 Å². The third kappa shape index (κ3) is 10.2. The lowest BCUT2D eigenvalue weighted by Crippen LogP contribution is -2.36. The van der Waals surface area contributed by atoms with Gasteiger partial charge in [-0.05, 0) is 59.7 Å². The molecule has 0 saturated heterocycles. The average molecular weight is 226 g/mol. The zero-order valence-corrected chi connectivity index (χ0v) is 11.7. The highest BCUT2D eigenvalue weighted by Gasteiger charge is 2.07. The number of hydrogen-bond acceptors (Lipinski definition) is 2. The second-order valence-corrected chi connectivity index (χ2v) is 5.47. The molecule has 1 N–H and O–H groups in total. The second kappa shape index (κ2) is 8.77. The molecular formula is C14H30N2. The molecule has 0 aromatic rings. The fourth-order valence-corrected chi connectivity index (χ4v) is 1.72. The summed E-state index contributed by atoms with van der Waals surface area (Å²) >= 11 is 0. The Balaban J connectivity index is 3.50. The van der Waals surface area contributed by atoms with Crippen LogP contribution in [0.3, 0.4) is 0 Å². The summed E-state index contributed by atoms with van der Waals surface area (Å²) in [6.45, 7) is 17.2. The van der Waals surface area contributed by atoms with E-state index in [1.54, 1.807) is 0 Å². The molecule has 0 aromatic carbocycles. The standard InChI is InChI=1S/C14H30N2/c1-6-11-16(12-7-2)13-9-8-10-15-14(3,4)5/h6,15H,1,7-13H2,2-5H3. The molecule has 96 valence electrons. The maximum Gasteiger partial charge on any atom is 0.0160 e. The molecule has 0 saturated carbocycles. The van der Waals surface area contributed by atoms with Crippen molar-refractivity contribution in [3.8, 4) is 0 Å². The van der Waals surface area contributed by atoms with Crippen molar-refractivity contribution in [1.29, 1.82) is 0 Å². The molecule has 0 atom stereocenters. The lowest BCUT2D eigenvalue weighted by atomic mass is 10.1. The predicted octanol–water partition coefficient (Wildman–Crippen LogP) is 3.05. The van der Waals surface area contributed by atoms with E-state index in [-0.39, 0.29) is 5.54 Å². The molecule has 0 spiro atoms. The molecule has 2 nitrogen and oxygen atoms in total. The highest BCUT2D eigenvalue weighted by atomic mass is 15.1. The first-order valence-corrected chi connectivity index (χ1v) is 6.58. The topological polar surface area (TPSA) is 15.3 Å². The molecule has 0 aliphatic carbocycles. The van der Waals surface area contributed by atoms with Gasteiger partial charge in [0.2, 0.25) is 0 Å². The average Bonchev–Trinajstić information content (AvgIpc) is 2.16. The van der Waals surface area contributed by atoms with Crippen LogP contribution in [0.1, 0.15) is 47.0 Å². The zero-order chi connectivity index (χ0) is 12.4. The van der Waals surface area contributed by atoms with E-state index in [0.29, 0.717) is 0 Å². The molecular weight excluding hydrogens is 196 g/mol. The molecule has 0 aromatic heterocycles. The van der Waals surface area contributed by atoms with E-state index in [1.807, 2.05) is 6.08 Å². The molecule has 2 heteroatoms. The van der Waals surface area contributed by atoms with Crippen LogP contribution in [0.5, 0.6) is 0 Å². The van der Waals surface area contributed by atoms with Crippen molar-refractivity contribution in [1.82, 2.24) is 10.2 Å². The fraction of sp³-hybridized carbons (Fsp3) is 0.857. The molecule has 0 heterocycles. The summed E-state index contributed by atoms with van der Waals surface area (Å²) in [6, 6.07) is 0. The minimum Gasteiger partial charge on any atom is -0.312 e. The van der Waals surface area contributed by atoms with Crippen LogP contribution in [-0.2, 0) is 0 Å². The van der Waals surface area contributed by atoms with Gasteiger partial charge in [0.05, 0.1) is 0 Å². The van der Waals surface area contributed by atoms with Crippen LogP contribution in [0.25, 0.3) is 0 Å². The van der Waals surface area contributed by atoms with Gasteiger partial charge < -0.3 is 5.32 Å². The molecule has 0 bridgehead atoms. The van der Waals surface area contributed by atoms with Crippen molar-refractivity contribution in [2.75, 3.05) is 26.2 Å². The summed E-state index contributed by atoms with van der Waals surface area (Å²) in [5.74, 6) is 0. The first-order chi connectivity index (χ1) is 7.49. The van der Waals surface area contributed by atoms with Gasteiger partial charge in [-0.3, -0.25) is 4.90 Å². The number of rotatable bonds is 9. The Morgan fingerprint density at radius 1 is 1.19 bits per heavy atom. The molecule has 0 aliphatic rings. The van der Waals surface area contributed by atoms with E-state index >= 15 is 0 Å². The van der Waals surface area contributed by atoms with Gasteiger partial charge >= 0.3 is 0 Å². The van der Waals surface area contributed by atoms with E-state index in [0.717, 1.165) is 13.1 Å². The SMILES string of the molecule is C=CCN(CCC)CCCCNC(C)(C)C. The highest BCUT2D eigenvalue weighted by Crippen LogP contribution is 2.01. The normalized spacial score (nSPS) is 12.1. The smallest absolute Gasteiger partial charge is 0.0160 e. The minimum atomic E-state index is 0.254. The van der Waals surface area contributed by atoms with Crippen molar-refractivity contribution in [2.45, 2.75) is 52.5 Å². The van der Waals surface area contributed by atoms with Gasteiger partial charge in [0.25, 0.3) is 0 Å². The largest absolute Gasteiger partial charge is 0.312 e. The first-order valence-electron chi connectivity index (χ1n) is 6.58. The molecule has 0 unspecified atom stereocenters. The van der Waals surface area contributed by atoms with E-state index in [4.69, 9.17) is 0 Å². The van der Waals surface area contributed by atoms with E-state index in [2.05, 4.69) is 44.5 Å². The number of nitrogens with zero attached hydrogens (tertiary/aromatic N) is 1. The van der Waals surface area contributed by atoms with Crippen LogP contribution in [0.4, 0.5) is 0 Å². The first kappa shape index (κ1) is 15.7. The summed E-state index contributed by atoms with van der Waals surface area (Å²) in [6.07, 6.45) is 5.77. The predicted molar refractivity (Wildman–Crippen MR) is 73.9 cm³/mol. The van der Waals surface area contributed by atoms with E-state index in [1.165, 1.54) is 32.4 Å². The third-order valence-electron chi connectivity index (χ3n) is 2.48. The molecule has 0 fully saturated rings. The van der Waals surface area contributed by atoms with Gasteiger partial charge in [0.1, 0.15) is 0 Å². The Kier molecular flexibility index (Phi) is 8.58. The maximum atomic E-state index is 3.81. The Morgan fingerprint density at radius 2 is 1.88 bits per heavy atom. The van der Waals surface area contributed by atoms with Crippen molar-refractivity contribution < 1.29 is 0 Å². The van der Waals surface area contributed by atoms with Gasteiger partial charge in [-0.15, -0.1) is 6.58 Å². The van der Waals surface area contributed by atoms with Gasteiger partial charge in [-0.25, -0.2) is 0 Å². The maximum absolute atomic E-state index is 3.81. The van der Waals surface area contributed by atoms with Crippen LogP contribution in [0, 0.1) is 0 Å². The van der Waals surface area contributed by atoms with Gasteiger partial charge in [-0.2, -0.15) is 0 Å². The molecule has 16 heavy (non-hydrogen) atoms. The lowest BCUT2D eigenvalue weighted by Gasteiger charge is -2.22. The van der Waals surface area contributed by atoms with Crippen LogP contribution in [-0.4, -0.2) is 36.6 Å². The zero-order valence-electron chi connectivity index (χ0n) is 11.7. The summed E-state index contributed by atoms with van der Waals surface area (Å²) in [7, 11) is 0. The van der Waals surface area contributed by atoms with Crippen LogP contribution >= 0.6 is 0 Å². The van der Waals surface area contributed by atoms with Crippen molar-refractivity contribution >= 4 is 0 Å². The Morgan fingerprint density at radius 3 is 2.38 bits per heavy atom. The quantitative estimate of drug-likeness (QED) is 0.480. The second-order valence-electron chi connectivity index (χ2n) is 5.47. The summed E-state index contributed by atoms with van der Waals surface area (Å²) in [5, 5.41) is 3.52. The van der Waals surface area contributed by atoms with Crippen molar-refractivity contribution in [3.05, 3.63) is 12.7 Å². The summed E-state index contributed by atoms with van der Waals surface area (Å²) in [5.41, 5.74) is 0.254. The van der Waals surface area contributed by atoms with Crippen LogP contribution in [0.15, 0.2) is 12.7 Å². The van der Waals surface area contributed by atoms with Gasteiger partial charge in [0, 0.05) is 12.1 Å². The Bertz CT molecular complexity index is 170. The van der Waals surface area contributed by atoms with E-state index < -0.39 is 0 Å². The molecule has 0 rings (SSSR count). The summed E-state index contributed by atoms with van der Waals surface area (Å²) < 4.78 is 0. The fourth-order valence-electron chi connectivity index (χ4n) is 1.72. The number of unbranched alkanes of at least 4 members (excludes halogenated alkanes) is 1. The van der Waals surface area contributed by atoms with E-state index in [9.17, 15) is 0 Å². The minimum absolute atomic E-state index is 0.254.